The maximum absolute atomic E-state index is 10.0. The Morgan fingerprint density at radius 1 is 1.24 bits per heavy atom. The van der Waals surface area contributed by atoms with Crippen LogP contribution in [0.3, 0.4) is 0 Å². The van der Waals surface area contributed by atoms with E-state index in [1.807, 2.05) is 27.7 Å². The van der Waals surface area contributed by atoms with Gasteiger partial charge >= 0.3 is 7.12 Å². The van der Waals surface area contributed by atoms with Gasteiger partial charge in [-0.05, 0) is 37.4 Å². The van der Waals surface area contributed by atoms with Gasteiger partial charge in [0.2, 0.25) is 0 Å². The van der Waals surface area contributed by atoms with Crippen LogP contribution in [0.2, 0.25) is 0 Å². The van der Waals surface area contributed by atoms with Crippen LogP contribution in [0.25, 0.3) is 0 Å². The number of anilines is 2. The first kappa shape index (κ1) is 13.9. The molecule has 0 spiro atoms. The van der Waals surface area contributed by atoms with E-state index < -0.39 is 12.7 Å². The molecule has 0 saturated heterocycles. The van der Waals surface area contributed by atoms with Crippen LogP contribution in [-0.4, -0.2) is 17.7 Å². The molecular weight excluding hydrogens is 215 g/mol. The van der Waals surface area contributed by atoms with Gasteiger partial charge in [0.05, 0.1) is 17.0 Å². The summed E-state index contributed by atoms with van der Waals surface area (Å²) in [6, 6.07) is 5.02. The highest BCUT2D eigenvalue weighted by Crippen LogP contribution is 2.21. The number of rotatable bonds is 4. The molecule has 0 aliphatic rings. The van der Waals surface area contributed by atoms with Crippen LogP contribution >= 0.6 is 0 Å². The van der Waals surface area contributed by atoms with Crippen molar-refractivity contribution in [1.29, 1.82) is 0 Å². The van der Waals surface area contributed by atoms with Gasteiger partial charge in [-0.2, -0.15) is 0 Å². The number of hydrogen-bond acceptors (Lipinski definition) is 4. The van der Waals surface area contributed by atoms with E-state index in [4.69, 9.17) is 16.1 Å². The van der Waals surface area contributed by atoms with Gasteiger partial charge in [-0.1, -0.05) is 19.9 Å². The fraction of sp³-hybridized carbons (Fsp3) is 0.500. The lowest BCUT2D eigenvalue weighted by atomic mass is 9.77. The SMILES string of the molecule is CC(C)C(C)(C)OB(O)c1ccc(N)c(N)c1. The molecule has 0 atom stereocenters. The molecule has 0 radical (unpaired) electrons. The summed E-state index contributed by atoms with van der Waals surface area (Å²) in [5.74, 6) is 0.295. The molecule has 0 bridgehead atoms. The molecule has 0 saturated carbocycles. The van der Waals surface area contributed by atoms with Gasteiger partial charge in [0.25, 0.3) is 0 Å². The van der Waals surface area contributed by atoms with Crippen LogP contribution in [-0.2, 0) is 4.65 Å². The summed E-state index contributed by atoms with van der Waals surface area (Å²) in [5.41, 5.74) is 12.5. The number of hydrogen-bond donors (Lipinski definition) is 3. The van der Waals surface area contributed by atoms with Crippen molar-refractivity contribution in [3.63, 3.8) is 0 Å². The van der Waals surface area contributed by atoms with Crippen molar-refractivity contribution in [3.05, 3.63) is 18.2 Å². The summed E-state index contributed by atoms with van der Waals surface area (Å²) in [4.78, 5) is 0. The highest BCUT2D eigenvalue weighted by Gasteiger charge is 2.30. The molecule has 1 aromatic carbocycles. The zero-order chi connectivity index (χ0) is 13.2. The van der Waals surface area contributed by atoms with Crippen molar-refractivity contribution in [2.75, 3.05) is 11.5 Å². The van der Waals surface area contributed by atoms with Crippen LogP contribution in [0.5, 0.6) is 0 Å². The van der Waals surface area contributed by atoms with Gasteiger partial charge < -0.3 is 21.1 Å². The van der Waals surface area contributed by atoms with Gasteiger partial charge in [0.15, 0.2) is 0 Å². The largest absolute Gasteiger partial charge is 0.491 e. The molecule has 5 N–H and O–H groups in total. The average Bonchev–Trinajstić information content (AvgIpc) is 2.21. The first-order chi connectivity index (χ1) is 7.74. The molecule has 1 rings (SSSR count). The standard InChI is InChI=1S/C12H21BN2O2/c1-8(2)12(3,4)17-13(16)9-5-6-10(14)11(15)7-9/h5-8,16H,14-15H2,1-4H3. The summed E-state index contributed by atoms with van der Waals surface area (Å²) in [6.45, 7) is 7.98. The Labute approximate surface area is 103 Å². The zero-order valence-corrected chi connectivity index (χ0v) is 10.9. The minimum absolute atomic E-state index is 0.295. The Bertz CT molecular complexity index is 394. The predicted octanol–water partition coefficient (Wildman–Crippen LogP) is 0.990. The van der Waals surface area contributed by atoms with E-state index in [9.17, 15) is 5.02 Å². The summed E-state index contributed by atoms with van der Waals surface area (Å²) in [5, 5.41) is 10.0. The normalized spacial score (nSPS) is 11.9. The molecule has 0 amide bonds. The number of nitrogens with two attached hydrogens (primary N) is 2. The Morgan fingerprint density at radius 2 is 1.82 bits per heavy atom. The zero-order valence-electron chi connectivity index (χ0n) is 10.9. The molecule has 0 aromatic heterocycles. The second-order valence-electron chi connectivity index (χ2n) is 5.12. The van der Waals surface area contributed by atoms with Crippen molar-refractivity contribution < 1.29 is 9.68 Å². The Kier molecular flexibility index (Phi) is 4.06. The van der Waals surface area contributed by atoms with Gasteiger partial charge in [-0.25, -0.2) is 0 Å². The molecule has 0 aliphatic heterocycles. The smallest absolute Gasteiger partial charge is 0.423 e. The predicted molar refractivity (Wildman–Crippen MR) is 72.9 cm³/mol. The summed E-state index contributed by atoms with van der Waals surface area (Å²) in [6.07, 6.45) is 0. The fourth-order valence-electron chi connectivity index (χ4n) is 1.24. The molecule has 0 heterocycles. The molecule has 4 nitrogen and oxygen atoms in total. The maximum atomic E-state index is 10.0. The van der Waals surface area contributed by atoms with Crippen molar-refractivity contribution in [2.45, 2.75) is 33.3 Å². The van der Waals surface area contributed by atoms with Gasteiger partial charge in [0, 0.05) is 0 Å². The first-order valence-electron chi connectivity index (χ1n) is 5.75. The van der Waals surface area contributed by atoms with Crippen molar-refractivity contribution in [3.8, 4) is 0 Å². The molecule has 5 heteroatoms. The fourth-order valence-corrected chi connectivity index (χ4v) is 1.24. The first-order valence-corrected chi connectivity index (χ1v) is 5.75. The lowest BCUT2D eigenvalue weighted by Gasteiger charge is -2.31. The van der Waals surface area contributed by atoms with Crippen LogP contribution < -0.4 is 16.9 Å². The third kappa shape index (κ3) is 3.38. The average molecular weight is 236 g/mol. The Hall–Kier alpha value is -1.20. The second-order valence-corrected chi connectivity index (χ2v) is 5.12. The molecular formula is C12H21BN2O2. The summed E-state index contributed by atoms with van der Waals surface area (Å²) in [7, 11) is -0.990. The van der Waals surface area contributed by atoms with E-state index in [0.717, 1.165) is 0 Å². The van der Waals surface area contributed by atoms with Gasteiger partial charge in [-0.3, -0.25) is 0 Å². The van der Waals surface area contributed by atoms with E-state index in [1.54, 1.807) is 18.2 Å². The quantitative estimate of drug-likeness (QED) is 0.537. The number of nitrogen functional groups attached to an aromatic ring is 2. The molecule has 0 fully saturated rings. The van der Waals surface area contributed by atoms with Crippen molar-refractivity contribution in [2.24, 2.45) is 5.92 Å². The van der Waals surface area contributed by atoms with Gasteiger partial charge in [-0.15, -0.1) is 0 Å². The van der Waals surface area contributed by atoms with E-state index in [1.165, 1.54) is 0 Å². The van der Waals surface area contributed by atoms with Crippen molar-refractivity contribution >= 4 is 24.0 Å². The Morgan fingerprint density at radius 3 is 2.29 bits per heavy atom. The lowest BCUT2D eigenvalue weighted by molar-refractivity contribution is 0.0423. The topological polar surface area (TPSA) is 81.5 Å². The van der Waals surface area contributed by atoms with Crippen LogP contribution in [0, 0.1) is 5.92 Å². The molecule has 1 aromatic rings. The van der Waals surface area contributed by atoms with E-state index in [2.05, 4.69) is 0 Å². The van der Waals surface area contributed by atoms with E-state index in [0.29, 0.717) is 22.8 Å². The minimum atomic E-state index is -0.990. The summed E-state index contributed by atoms with van der Waals surface area (Å²) < 4.78 is 5.64. The third-order valence-electron chi connectivity index (χ3n) is 3.20. The third-order valence-corrected chi connectivity index (χ3v) is 3.20. The highest BCUT2D eigenvalue weighted by atomic mass is 16.5. The molecule has 94 valence electrons. The van der Waals surface area contributed by atoms with Gasteiger partial charge in [0.1, 0.15) is 0 Å². The molecule has 0 aliphatic carbocycles. The molecule has 0 unspecified atom stereocenters. The van der Waals surface area contributed by atoms with Crippen molar-refractivity contribution in [1.82, 2.24) is 0 Å². The van der Waals surface area contributed by atoms with E-state index >= 15 is 0 Å². The Balaban J connectivity index is 2.83. The number of benzene rings is 1. The minimum Gasteiger partial charge on any atom is -0.423 e. The lowest BCUT2D eigenvalue weighted by Crippen LogP contribution is -2.44. The van der Waals surface area contributed by atoms with Crippen LogP contribution in [0.1, 0.15) is 27.7 Å². The molecule has 17 heavy (non-hydrogen) atoms. The summed E-state index contributed by atoms with van der Waals surface area (Å²) >= 11 is 0. The van der Waals surface area contributed by atoms with Crippen LogP contribution in [0.15, 0.2) is 18.2 Å². The highest BCUT2D eigenvalue weighted by molar-refractivity contribution is 6.60. The maximum Gasteiger partial charge on any atom is 0.491 e. The second kappa shape index (κ2) is 4.98. The monoisotopic (exact) mass is 236 g/mol. The van der Waals surface area contributed by atoms with Crippen LogP contribution in [0.4, 0.5) is 11.4 Å². The van der Waals surface area contributed by atoms with E-state index in [-0.39, 0.29) is 0 Å².